The Kier molecular flexibility index (Phi) is 6.66. The van der Waals surface area contributed by atoms with Crippen molar-refractivity contribution in [1.29, 1.82) is 0 Å². The van der Waals surface area contributed by atoms with Crippen LogP contribution in [0, 0.1) is 0 Å². The summed E-state index contributed by atoms with van der Waals surface area (Å²) in [5.41, 5.74) is 1.30. The fourth-order valence-electron chi connectivity index (χ4n) is 4.13. The van der Waals surface area contributed by atoms with Crippen LogP contribution in [0.5, 0.6) is 0 Å². The van der Waals surface area contributed by atoms with Gasteiger partial charge in [0.1, 0.15) is 11.8 Å². The lowest BCUT2D eigenvalue weighted by atomic mass is 10.0. The Labute approximate surface area is 181 Å². The van der Waals surface area contributed by atoms with E-state index in [1.807, 2.05) is 6.07 Å². The first-order chi connectivity index (χ1) is 15.1. The fraction of sp³-hybridized carbons (Fsp3) is 0.435. The molecule has 1 atom stereocenters. The molecule has 3 heterocycles. The zero-order chi connectivity index (χ0) is 21.6. The summed E-state index contributed by atoms with van der Waals surface area (Å²) in [6.07, 6.45) is 3.82. The van der Waals surface area contributed by atoms with Crippen LogP contribution in [0.15, 0.2) is 53.1 Å². The van der Waals surface area contributed by atoms with Crippen LogP contribution in [0.4, 0.5) is 4.79 Å². The molecule has 2 aromatic rings. The standard InChI is InChI=1S/C23H28N4O4/c28-21(24-18-10-12-26(13-11-18)15-17-5-2-1-3-6-17)9-8-20-22(29)27(23(30)25-20)16-19-7-4-14-31-19/h1-7,14,18,20H,8-13,15-16H2,(H,24,28)(H,25,30)/t20-/m1/s1. The minimum absolute atomic E-state index is 0.0759. The van der Waals surface area contributed by atoms with Gasteiger partial charge in [0.25, 0.3) is 5.91 Å². The minimum atomic E-state index is -0.666. The Bertz CT molecular complexity index is 892. The van der Waals surface area contributed by atoms with Gasteiger partial charge in [-0.3, -0.25) is 19.4 Å². The second kappa shape index (κ2) is 9.78. The average molecular weight is 425 g/mol. The molecule has 0 aliphatic carbocycles. The van der Waals surface area contributed by atoms with E-state index in [1.165, 1.54) is 11.8 Å². The van der Waals surface area contributed by atoms with E-state index in [0.29, 0.717) is 5.76 Å². The third-order valence-electron chi connectivity index (χ3n) is 5.86. The Morgan fingerprint density at radius 1 is 1.06 bits per heavy atom. The number of hydrogen-bond donors (Lipinski definition) is 2. The number of imide groups is 1. The van der Waals surface area contributed by atoms with Crippen LogP contribution in [0.3, 0.4) is 0 Å². The van der Waals surface area contributed by atoms with E-state index >= 15 is 0 Å². The van der Waals surface area contributed by atoms with Gasteiger partial charge in [0.05, 0.1) is 12.8 Å². The number of amides is 4. The number of hydrogen-bond acceptors (Lipinski definition) is 5. The van der Waals surface area contributed by atoms with E-state index in [-0.39, 0.29) is 37.2 Å². The highest BCUT2D eigenvalue weighted by atomic mass is 16.3. The second-order valence-corrected chi connectivity index (χ2v) is 8.15. The second-order valence-electron chi connectivity index (χ2n) is 8.15. The van der Waals surface area contributed by atoms with Gasteiger partial charge < -0.3 is 15.1 Å². The summed E-state index contributed by atoms with van der Waals surface area (Å²) >= 11 is 0. The molecule has 0 unspecified atom stereocenters. The molecule has 0 spiro atoms. The van der Waals surface area contributed by atoms with Gasteiger partial charge in [-0.2, -0.15) is 0 Å². The topological polar surface area (TPSA) is 94.9 Å². The van der Waals surface area contributed by atoms with Crippen molar-refractivity contribution in [2.24, 2.45) is 0 Å². The number of nitrogens with one attached hydrogen (secondary N) is 2. The number of likely N-dealkylation sites (tertiary alicyclic amines) is 1. The van der Waals surface area contributed by atoms with E-state index in [4.69, 9.17) is 4.42 Å². The summed E-state index contributed by atoms with van der Waals surface area (Å²) < 4.78 is 5.21. The molecule has 2 fully saturated rings. The van der Waals surface area contributed by atoms with Crippen LogP contribution >= 0.6 is 0 Å². The molecule has 2 N–H and O–H groups in total. The molecule has 2 aliphatic rings. The van der Waals surface area contributed by atoms with Crippen LogP contribution in [0.1, 0.15) is 37.0 Å². The summed E-state index contributed by atoms with van der Waals surface area (Å²) in [6, 6.07) is 12.9. The molecular weight excluding hydrogens is 396 g/mol. The van der Waals surface area contributed by atoms with E-state index in [0.717, 1.165) is 37.4 Å². The number of urea groups is 1. The molecule has 31 heavy (non-hydrogen) atoms. The molecular formula is C23H28N4O4. The van der Waals surface area contributed by atoms with Gasteiger partial charge in [0, 0.05) is 32.1 Å². The van der Waals surface area contributed by atoms with Crippen molar-refractivity contribution in [2.75, 3.05) is 13.1 Å². The van der Waals surface area contributed by atoms with Gasteiger partial charge in [-0.15, -0.1) is 0 Å². The Balaban J connectivity index is 1.17. The Morgan fingerprint density at radius 2 is 1.84 bits per heavy atom. The predicted molar refractivity (Wildman–Crippen MR) is 114 cm³/mol. The van der Waals surface area contributed by atoms with E-state index < -0.39 is 12.1 Å². The van der Waals surface area contributed by atoms with Crippen molar-refractivity contribution in [3.05, 3.63) is 60.1 Å². The summed E-state index contributed by atoms with van der Waals surface area (Å²) in [6.45, 7) is 2.92. The number of benzene rings is 1. The number of piperidine rings is 1. The maximum Gasteiger partial charge on any atom is 0.325 e. The lowest BCUT2D eigenvalue weighted by Crippen LogP contribution is -2.44. The van der Waals surface area contributed by atoms with Crippen molar-refractivity contribution < 1.29 is 18.8 Å². The summed E-state index contributed by atoms with van der Waals surface area (Å²) in [5, 5.41) is 5.75. The number of furan rings is 1. The van der Waals surface area contributed by atoms with Crippen LogP contribution < -0.4 is 10.6 Å². The third-order valence-corrected chi connectivity index (χ3v) is 5.86. The SMILES string of the molecule is O=C(CC[C@H]1NC(=O)N(Cc2ccco2)C1=O)NC1CCN(Cc2ccccc2)CC1. The molecule has 2 saturated heterocycles. The first-order valence-corrected chi connectivity index (χ1v) is 10.8. The highest BCUT2D eigenvalue weighted by Gasteiger charge is 2.38. The molecule has 0 saturated carbocycles. The number of carbonyl (C=O) groups excluding carboxylic acids is 3. The molecule has 8 nitrogen and oxygen atoms in total. The molecule has 2 aliphatic heterocycles. The highest BCUT2D eigenvalue weighted by Crippen LogP contribution is 2.17. The molecule has 164 valence electrons. The van der Waals surface area contributed by atoms with E-state index in [9.17, 15) is 14.4 Å². The summed E-state index contributed by atoms with van der Waals surface area (Å²) in [5.74, 6) is 0.150. The van der Waals surface area contributed by atoms with Crippen molar-refractivity contribution in [2.45, 2.75) is 50.9 Å². The summed E-state index contributed by atoms with van der Waals surface area (Å²) in [4.78, 5) is 40.5. The van der Waals surface area contributed by atoms with Crippen LogP contribution in [-0.2, 0) is 22.7 Å². The molecule has 1 aromatic heterocycles. The van der Waals surface area contributed by atoms with E-state index in [1.54, 1.807) is 12.1 Å². The fourth-order valence-corrected chi connectivity index (χ4v) is 4.13. The van der Waals surface area contributed by atoms with Gasteiger partial charge in [-0.05, 0) is 37.0 Å². The molecule has 0 bridgehead atoms. The molecule has 8 heteroatoms. The zero-order valence-corrected chi connectivity index (χ0v) is 17.5. The van der Waals surface area contributed by atoms with Gasteiger partial charge in [-0.25, -0.2) is 4.79 Å². The van der Waals surface area contributed by atoms with Crippen LogP contribution in [-0.4, -0.2) is 52.8 Å². The maximum absolute atomic E-state index is 12.5. The smallest absolute Gasteiger partial charge is 0.325 e. The van der Waals surface area contributed by atoms with Crippen molar-refractivity contribution in [3.63, 3.8) is 0 Å². The largest absolute Gasteiger partial charge is 0.467 e. The van der Waals surface area contributed by atoms with E-state index in [2.05, 4.69) is 39.8 Å². The first-order valence-electron chi connectivity index (χ1n) is 10.8. The lowest BCUT2D eigenvalue weighted by Gasteiger charge is -2.32. The van der Waals surface area contributed by atoms with Crippen LogP contribution in [0.25, 0.3) is 0 Å². The summed E-state index contributed by atoms with van der Waals surface area (Å²) in [7, 11) is 0. The highest BCUT2D eigenvalue weighted by molar-refractivity contribution is 6.04. The third kappa shape index (κ3) is 5.52. The molecule has 0 radical (unpaired) electrons. The van der Waals surface area contributed by atoms with Gasteiger partial charge in [0.15, 0.2) is 0 Å². The van der Waals surface area contributed by atoms with Crippen molar-refractivity contribution >= 4 is 17.8 Å². The normalized spacial score (nSPS) is 20.1. The molecule has 1 aromatic carbocycles. The Morgan fingerprint density at radius 3 is 2.55 bits per heavy atom. The number of carbonyl (C=O) groups is 3. The Hall–Kier alpha value is -3.13. The number of nitrogens with zero attached hydrogens (tertiary/aromatic N) is 2. The minimum Gasteiger partial charge on any atom is -0.467 e. The molecule has 4 amide bonds. The average Bonchev–Trinajstić information content (AvgIpc) is 3.38. The maximum atomic E-state index is 12.5. The van der Waals surface area contributed by atoms with Gasteiger partial charge in [0.2, 0.25) is 5.91 Å². The predicted octanol–water partition coefficient (Wildman–Crippen LogP) is 2.26. The van der Waals surface area contributed by atoms with Gasteiger partial charge >= 0.3 is 6.03 Å². The van der Waals surface area contributed by atoms with Gasteiger partial charge in [-0.1, -0.05) is 30.3 Å². The number of rotatable bonds is 8. The lowest BCUT2D eigenvalue weighted by molar-refractivity contribution is -0.128. The van der Waals surface area contributed by atoms with Crippen molar-refractivity contribution in [1.82, 2.24) is 20.4 Å². The monoisotopic (exact) mass is 424 g/mol. The zero-order valence-electron chi connectivity index (χ0n) is 17.5. The van der Waals surface area contributed by atoms with Crippen molar-refractivity contribution in [3.8, 4) is 0 Å². The quantitative estimate of drug-likeness (QED) is 0.634. The molecule has 4 rings (SSSR count). The first kappa shape index (κ1) is 21.1. The van der Waals surface area contributed by atoms with Crippen LogP contribution in [0.2, 0.25) is 0 Å².